The first-order chi connectivity index (χ1) is 10.6. The Labute approximate surface area is 141 Å². The number of ether oxygens (including phenoxy) is 3. The third kappa shape index (κ3) is 5.78. The number of fused-ring (bicyclic) bond motifs is 1. The van der Waals surface area contributed by atoms with Crippen molar-refractivity contribution >= 4 is 18.3 Å². The lowest BCUT2D eigenvalue weighted by molar-refractivity contribution is -0.123. The lowest BCUT2D eigenvalue weighted by Crippen LogP contribution is -2.44. The van der Waals surface area contributed by atoms with Gasteiger partial charge in [-0.3, -0.25) is 4.79 Å². The molecule has 0 spiro atoms. The molecule has 0 aliphatic carbocycles. The minimum absolute atomic E-state index is 0. The van der Waals surface area contributed by atoms with E-state index in [0.717, 1.165) is 6.42 Å². The van der Waals surface area contributed by atoms with Crippen LogP contribution in [0.3, 0.4) is 0 Å². The van der Waals surface area contributed by atoms with Crippen molar-refractivity contribution in [3.63, 3.8) is 0 Å². The largest absolute Gasteiger partial charge is 0.491 e. The predicted molar refractivity (Wildman–Crippen MR) is 87.2 cm³/mol. The van der Waals surface area contributed by atoms with Crippen LogP contribution in [0.2, 0.25) is 0 Å². The quantitative estimate of drug-likeness (QED) is 0.644. The first kappa shape index (κ1) is 19.3. The van der Waals surface area contributed by atoms with Gasteiger partial charge in [0, 0.05) is 12.6 Å². The van der Waals surface area contributed by atoms with Gasteiger partial charge in [0.15, 0.2) is 11.5 Å². The van der Waals surface area contributed by atoms with Crippen LogP contribution in [-0.4, -0.2) is 43.1 Å². The lowest BCUT2D eigenvalue weighted by atomic mass is 10.1. The number of carbonyl (C=O) groups excluding carboxylic acids is 1. The van der Waals surface area contributed by atoms with Gasteiger partial charge < -0.3 is 30.4 Å². The predicted octanol–water partition coefficient (Wildman–Crippen LogP) is 0.820. The van der Waals surface area contributed by atoms with Gasteiger partial charge in [-0.1, -0.05) is 13.3 Å². The van der Waals surface area contributed by atoms with Gasteiger partial charge in [-0.05, 0) is 18.6 Å². The van der Waals surface area contributed by atoms with Gasteiger partial charge in [-0.2, -0.15) is 0 Å². The Morgan fingerprint density at radius 1 is 1.43 bits per heavy atom. The average molecular weight is 347 g/mol. The Kier molecular flexibility index (Phi) is 7.94. The van der Waals surface area contributed by atoms with Crippen LogP contribution in [0, 0.1) is 0 Å². The first-order valence-corrected chi connectivity index (χ1v) is 7.34. The normalized spacial score (nSPS) is 14.6. The molecule has 0 bridgehead atoms. The Hall–Kier alpha value is -1.70. The molecule has 0 fully saturated rings. The second kappa shape index (κ2) is 9.44. The van der Waals surface area contributed by atoms with Gasteiger partial charge in [0.05, 0.1) is 6.04 Å². The number of nitrogens with two attached hydrogens (primary N) is 1. The SMILES string of the molecule is CCCC(N)C(=O)NCC(O)COc1ccc2c(c1)OCO2.Cl. The van der Waals surface area contributed by atoms with Crippen LogP contribution in [-0.2, 0) is 4.79 Å². The number of aliphatic hydroxyl groups excluding tert-OH is 1. The lowest BCUT2D eigenvalue weighted by Gasteiger charge is -2.15. The van der Waals surface area contributed by atoms with Gasteiger partial charge in [0.1, 0.15) is 18.5 Å². The molecule has 1 aromatic rings. The summed E-state index contributed by atoms with van der Waals surface area (Å²) in [6.45, 7) is 2.32. The fourth-order valence-electron chi connectivity index (χ4n) is 2.01. The van der Waals surface area contributed by atoms with Gasteiger partial charge in [-0.25, -0.2) is 0 Å². The van der Waals surface area contributed by atoms with Crippen LogP contribution < -0.4 is 25.3 Å². The molecule has 1 aromatic carbocycles. The average Bonchev–Trinajstić information content (AvgIpc) is 2.98. The Morgan fingerprint density at radius 2 is 2.17 bits per heavy atom. The molecular weight excluding hydrogens is 324 g/mol. The summed E-state index contributed by atoms with van der Waals surface area (Å²) in [5.74, 6) is 1.59. The molecule has 0 saturated carbocycles. The summed E-state index contributed by atoms with van der Waals surface area (Å²) < 4.78 is 15.9. The van der Waals surface area contributed by atoms with E-state index in [4.69, 9.17) is 19.9 Å². The summed E-state index contributed by atoms with van der Waals surface area (Å²) in [5.41, 5.74) is 5.68. The van der Waals surface area contributed by atoms with Crippen LogP contribution in [0.1, 0.15) is 19.8 Å². The molecular formula is C15H23ClN2O5. The van der Waals surface area contributed by atoms with E-state index in [9.17, 15) is 9.90 Å². The van der Waals surface area contributed by atoms with Gasteiger partial charge >= 0.3 is 0 Å². The van der Waals surface area contributed by atoms with E-state index in [1.807, 2.05) is 6.92 Å². The molecule has 0 aromatic heterocycles. The minimum atomic E-state index is -0.816. The van der Waals surface area contributed by atoms with Crippen LogP contribution in [0.4, 0.5) is 0 Å². The number of rotatable bonds is 8. The number of benzene rings is 1. The second-order valence-electron chi connectivity index (χ2n) is 5.12. The van der Waals surface area contributed by atoms with Crippen molar-refractivity contribution in [2.45, 2.75) is 31.9 Å². The zero-order valence-corrected chi connectivity index (χ0v) is 13.8. The Morgan fingerprint density at radius 3 is 2.91 bits per heavy atom. The molecule has 1 heterocycles. The standard InChI is InChI=1S/C15H22N2O5.ClH/c1-2-3-12(16)15(19)17-7-10(18)8-20-11-4-5-13-14(6-11)22-9-21-13;/h4-6,10,12,18H,2-3,7-9,16H2,1H3,(H,17,19);1H. The highest BCUT2D eigenvalue weighted by atomic mass is 35.5. The van der Waals surface area contributed by atoms with Gasteiger partial charge in [0.25, 0.3) is 0 Å². The number of nitrogens with one attached hydrogen (secondary N) is 1. The smallest absolute Gasteiger partial charge is 0.237 e. The molecule has 23 heavy (non-hydrogen) atoms. The number of halogens is 1. The van der Waals surface area contributed by atoms with Gasteiger partial charge in [0.2, 0.25) is 12.7 Å². The molecule has 7 nitrogen and oxygen atoms in total. The fraction of sp³-hybridized carbons (Fsp3) is 0.533. The second-order valence-corrected chi connectivity index (χ2v) is 5.12. The maximum Gasteiger partial charge on any atom is 0.237 e. The summed E-state index contributed by atoms with van der Waals surface area (Å²) in [7, 11) is 0. The summed E-state index contributed by atoms with van der Waals surface area (Å²) in [4.78, 5) is 11.6. The van der Waals surface area contributed by atoms with Crippen molar-refractivity contribution in [1.29, 1.82) is 0 Å². The van der Waals surface area contributed by atoms with E-state index < -0.39 is 12.1 Å². The number of hydrogen-bond acceptors (Lipinski definition) is 6. The van der Waals surface area contributed by atoms with Crippen molar-refractivity contribution in [2.24, 2.45) is 5.73 Å². The molecule has 8 heteroatoms. The summed E-state index contributed by atoms with van der Waals surface area (Å²) in [6.07, 6.45) is 0.642. The molecule has 0 saturated heterocycles. The van der Waals surface area contributed by atoms with E-state index in [0.29, 0.717) is 23.7 Å². The zero-order valence-electron chi connectivity index (χ0n) is 13.0. The number of amides is 1. The molecule has 0 radical (unpaired) electrons. The molecule has 130 valence electrons. The molecule has 1 amide bonds. The van der Waals surface area contributed by atoms with Crippen LogP contribution in [0.5, 0.6) is 17.2 Å². The highest BCUT2D eigenvalue weighted by Crippen LogP contribution is 2.35. The van der Waals surface area contributed by atoms with E-state index in [1.54, 1.807) is 18.2 Å². The summed E-state index contributed by atoms with van der Waals surface area (Å²) >= 11 is 0. The Bertz CT molecular complexity index is 515. The fourth-order valence-corrected chi connectivity index (χ4v) is 2.01. The van der Waals surface area contributed by atoms with Crippen molar-refractivity contribution in [3.8, 4) is 17.2 Å². The van der Waals surface area contributed by atoms with E-state index >= 15 is 0 Å². The monoisotopic (exact) mass is 346 g/mol. The van der Waals surface area contributed by atoms with E-state index in [2.05, 4.69) is 5.32 Å². The highest BCUT2D eigenvalue weighted by molar-refractivity contribution is 5.85. The molecule has 1 aliphatic rings. The Balaban J connectivity index is 0.00000264. The third-order valence-corrected chi connectivity index (χ3v) is 3.23. The van der Waals surface area contributed by atoms with Crippen LogP contribution in [0.15, 0.2) is 18.2 Å². The van der Waals surface area contributed by atoms with E-state index in [-0.39, 0.29) is 38.3 Å². The molecule has 2 atom stereocenters. The molecule has 2 unspecified atom stereocenters. The number of aliphatic hydroxyl groups is 1. The van der Waals surface area contributed by atoms with Crippen LogP contribution >= 0.6 is 12.4 Å². The third-order valence-electron chi connectivity index (χ3n) is 3.23. The number of carbonyl (C=O) groups is 1. The molecule has 1 aliphatic heterocycles. The van der Waals surface area contributed by atoms with Crippen molar-refractivity contribution in [3.05, 3.63) is 18.2 Å². The molecule has 2 rings (SSSR count). The maximum atomic E-state index is 11.6. The van der Waals surface area contributed by atoms with Crippen molar-refractivity contribution in [1.82, 2.24) is 5.32 Å². The number of hydrogen-bond donors (Lipinski definition) is 3. The maximum absolute atomic E-state index is 11.6. The van der Waals surface area contributed by atoms with Crippen LogP contribution in [0.25, 0.3) is 0 Å². The minimum Gasteiger partial charge on any atom is -0.491 e. The molecule has 4 N–H and O–H groups in total. The van der Waals surface area contributed by atoms with Gasteiger partial charge in [-0.15, -0.1) is 12.4 Å². The van der Waals surface area contributed by atoms with Crippen molar-refractivity contribution in [2.75, 3.05) is 19.9 Å². The zero-order chi connectivity index (χ0) is 15.9. The first-order valence-electron chi connectivity index (χ1n) is 7.34. The van der Waals surface area contributed by atoms with Crippen molar-refractivity contribution < 1.29 is 24.1 Å². The summed E-state index contributed by atoms with van der Waals surface area (Å²) in [6, 6.07) is 4.64. The summed E-state index contributed by atoms with van der Waals surface area (Å²) in [5, 5.41) is 12.4. The van der Waals surface area contributed by atoms with E-state index in [1.165, 1.54) is 0 Å². The highest BCUT2D eigenvalue weighted by Gasteiger charge is 2.16. The topological polar surface area (TPSA) is 103 Å².